The third-order valence-electron chi connectivity index (χ3n) is 2.96. The molecule has 1 atom stereocenters. The molecule has 0 saturated carbocycles. The lowest BCUT2D eigenvalue weighted by atomic mass is 10.0. The van der Waals surface area contributed by atoms with Crippen LogP contribution >= 0.6 is 0 Å². The first-order valence-corrected chi connectivity index (χ1v) is 6.36. The molecule has 2 rings (SSSR count). The van der Waals surface area contributed by atoms with Crippen LogP contribution in [0.5, 0.6) is 11.5 Å². The van der Waals surface area contributed by atoms with Gasteiger partial charge in [-0.2, -0.15) is 0 Å². The highest BCUT2D eigenvalue weighted by atomic mass is 19.3. The minimum Gasteiger partial charge on any atom is -0.395 e. The number of carbonyl (C=O) groups is 1. The van der Waals surface area contributed by atoms with Gasteiger partial charge in [0.1, 0.15) is 0 Å². The van der Waals surface area contributed by atoms with Gasteiger partial charge in [0.05, 0.1) is 5.92 Å². The molecule has 110 valence electrons. The van der Waals surface area contributed by atoms with Crippen molar-refractivity contribution in [2.45, 2.75) is 26.1 Å². The molecular weight excluding hydrogens is 270 g/mol. The Balaban J connectivity index is 2.07. The van der Waals surface area contributed by atoms with Gasteiger partial charge in [-0.05, 0) is 18.6 Å². The van der Waals surface area contributed by atoms with E-state index in [0.717, 1.165) is 6.42 Å². The van der Waals surface area contributed by atoms with Crippen LogP contribution in [-0.4, -0.2) is 18.7 Å². The second-order valence-corrected chi connectivity index (χ2v) is 4.54. The Morgan fingerprint density at radius 2 is 2.10 bits per heavy atom. The van der Waals surface area contributed by atoms with Crippen LogP contribution in [0.2, 0.25) is 0 Å². The standard InChI is InChI=1S/C13H16F2N2O3/c1-2-3-8(7-16)12(18)17-9-4-5-10-11(6-9)20-13(14,15)19-10/h4-6,8H,2-3,7,16H2,1H3,(H,17,18). The van der Waals surface area contributed by atoms with Crippen molar-refractivity contribution in [2.24, 2.45) is 11.7 Å². The third kappa shape index (κ3) is 3.16. The summed E-state index contributed by atoms with van der Waals surface area (Å²) in [6.45, 7) is 2.20. The van der Waals surface area contributed by atoms with Crippen molar-refractivity contribution >= 4 is 11.6 Å². The maximum atomic E-state index is 12.9. The van der Waals surface area contributed by atoms with Crippen LogP contribution < -0.4 is 20.5 Å². The van der Waals surface area contributed by atoms with Gasteiger partial charge < -0.3 is 20.5 Å². The normalized spacial score (nSPS) is 16.8. The maximum Gasteiger partial charge on any atom is 0.586 e. The van der Waals surface area contributed by atoms with Gasteiger partial charge in [-0.15, -0.1) is 8.78 Å². The number of alkyl halides is 2. The molecule has 5 nitrogen and oxygen atoms in total. The van der Waals surface area contributed by atoms with Gasteiger partial charge in [0.25, 0.3) is 0 Å². The van der Waals surface area contributed by atoms with Gasteiger partial charge in [0.15, 0.2) is 11.5 Å². The first kappa shape index (κ1) is 14.5. The number of anilines is 1. The predicted octanol–water partition coefficient (Wildman–Crippen LogP) is 2.32. The van der Waals surface area contributed by atoms with Gasteiger partial charge in [-0.3, -0.25) is 4.79 Å². The van der Waals surface area contributed by atoms with Crippen LogP contribution in [0.25, 0.3) is 0 Å². The minimum atomic E-state index is -3.66. The molecule has 0 spiro atoms. The smallest absolute Gasteiger partial charge is 0.395 e. The van der Waals surface area contributed by atoms with Gasteiger partial charge >= 0.3 is 6.29 Å². The van der Waals surface area contributed by atoms with Gasteiger partial charge in [-0.1, -0.05) is 13.3 Å². The quantitative estimate of drug-likeness (QED) is 0.871. The molecule has 1 heterocycles. The number of hydrogen-bond donors (Lipinski definition) is 2. The predicted molar refractivity (Wildman–Crippen MR) is 68.7 cm³/mol. The number of fused-ring (bicyclic) bond motifs is 1. The molecule has 1 aromatic carbocycles. The van der Waals surface area contributed by atoms with E-state index in [1.54, 1.807) is 0 Å². The molecule has 1 aliphatic rings. The van der Waals surface area contributed by atoms with Crippen LogP contribution in [0.3, 0.4) is 0 Å². The fourth-order valence-electron chi connectivity index (χ4n) is 1.98. The second-order valence-electron chi connectivity index (χ2n) is 4.54. The molecule has 1 aliphatic heterocycles. The van der Waals surface area contributed by atoms with Gasteiger partial charge in [0.2, 0.25) is 5.91 Å². The summed E-state index contributed by atoms with van der Waals surface area (Å²) in [7, 11) is 0. The molecule has 20 heavy (non-hydrogen) atoms. The molecule has 0 aliphatic carbocycles. The lowest BCUT2D eigenvalue weighted by Crippen LogP contribution is -2.29. The zero-order valence-corrected chi connectivity index (χ0v) is 11.0. The van der Waals surface area contributed by atoms with Crippen molar-refractivity contribution in [3.8, 4) is 11.5 Å². The molecule has 0 fully saturated rings. The number of halogens is 2. The highest BCUT2D eigenvalue weighted by molar-refractivity contribution is 5.93. The van der Waals surface area contributed by atoms with Crippen molar-refractivity contribution < 1.29 is 23.0 Å². The molecule has 3 N–H and O–H groups in total. The van der Waals surface area contributed by atoms with Crippen molar-refractivity contribution in [1.29, 1.82) is 0 Å². The molecule has 7 heteroatoms. The molecule has 0 radical (unpaired) electrons. The molecular formula is C13H16F2N2O3. The van der Waals surface area contributed by atoms with Crippen LogP contribution in [0.15, 0.2) is 18.2 Å². The largest absolute Gasteiger partial charge is 0.586 e. The number of amides is 1. The van der Waals surface area contributed by atoms with Crippen LogP contribution in [0, 0.1) is 5.92 Å². The summed E-state index contributed by atoms with van der Waals surface area (Å²) in [6, 6.07) is 4.10. The van der Waals surface area contributed by atoms with Gasteiger partial charge in [-0.25, -0.2) is 0 Å². The maximum absolute atomic E-state index is 12.9. The van der Waals surface area contributed by atoms with Crippen molar-refractivity contribution in [2.75, 3.05) is 11.9 Å². The molecule has 0 bridgehead atoms. The zero-order chi connectivity index (χ0) is 14.8. The topological polar surface area (TPSA) is 73.6 Å². The van der Waals surface area contributed by atoms with E-state index in [9.17, 15) is 13.6 Å². The zero-order valence-electron chi connectivity index (χ0n) is 11.0. The highest BCUT2D eigenvalue weighted by Gasteiger charge is 2.43. The van der Waals surface area contributed by atoms with Crippen LogP contribution in [0.1, 0.15) is 19.8 Å². The summed E-state index contributed by atoms with van der Waals surface area (Å²) in [6.07, 6.45) is -2.15. The summed E-state index contributed by atoms with van der Waals surface area (Å²) in [5.74, 6) is -0.698. The molecule has 1 amide bonds. The summed E-state index contributed by atoms with van der Waals surface area (Å²) in [5, 5.41) is 2.64. The van der Waals surface area contributed by atoms with Crippen LogP contribution in [-0.2, 0) is 4.79 Å². The number of ether oxygens (including phenoxy) is 2. The second kappa shape index (κ2) is 5.62. The molecule has 1 unspecified atom stereocenters. The average Bonchev–Trinajstić information content (AvgIpc) is 2.68. The SMILES string of the molecule is CCCC(CN)C(=O)Nc1ccc2c(c1)OC(F)(F)O2. The lowest BCUT2D eigenvalue weighted by Gasteiger charge is -2.14. The Kier molecular flexibility index (Phi) is 4.08. The Morgan fingerprint density at radius 1 is 1.40 bits per heavy atom. The monoisotopic (exact) mass is 286 g/mol. The number of benzene rings is 1. The fraction of sp³-hybridized carbons (Fsp3) is 0.462. The van der Waals surface area contributed by atoms with E-state index in [4.69, 9.17) is 5.73 Å². The Labute approximate surface area is 115 Å². The van der Waals surface area contributed by atoms with Crippen LogP contribution in [0.4, 0.5) is 14.5 Å². The molecule has 1 aromatic rings. The highest BCUT2D eigenvalue weighted by Crippen LogP contribution is 2.42. The van der Waals surface area contributed by atoms with E-state index >= 15 is 0 Å². The number of rotatable bonds is 5. The molecule has 0 aromatic heterocycles. The number of carbonyl (C=O) groups excluding carboxylic acids is 1. The van der Waals surface area contributed by atoms with E-state index in [2.05, 4.69) is 14.8 Å². The Bertz CT molecular complexity index is 508. The number of nitrogens with two attached hydrogens (primary N) is 1. The number of hydrogen-bond acceptors (Lipinski definition) is 4. The van der Waals surface area contributed by atoms with E-state index in [-0.39, 0.29) is 29.9 Å². The van der Waals surface area contributed by atoms with Crippen molar-refractivity contribution in [3.63, 3.8) is 0 Å². The summed E-state index contributed by atoms with van der Waals surface area (Å²) >= 11 is 0. The van der Waals surface area contributed by atoms with E-state index < -0.39 is 6.29 Å². The van der Waals surface area contributed by atoms with E-state index in [1.807, 2.05) is 6.92 Å². The minimum absolute atomic E-state index is 0.0584. The Morgan fingerprint density at radius 3 is 2.75 bits per heavy atom. The Hall–Kier alpha value is -1.89. The lowest BCUT2D eigenvalue weighted by molar-refractivity contribution is -0.286. The fourth-order valence-corrected chi connectivity index (χ4v) is 1.98. The molecule has 0 saturated heterocycles. The first-order valence-electron chi connectivity index (χ1n) is 6.36. The average molecular weight is 286 g/mol. The summed E-state index contributed by atoms with van der Waals surface area (Å²) < 4.78 is 34.3. The summed E-state index contributed by atoms with van der Waals surface area (Å²) in [5.41, 5.74) is 5.90. The van der Waals surface area contributed by atoms with Crippen molar-refractivity contribution in [1.82, 2.24) is 0 Å². The first-order chi connectivity index (χ1) is 9.45. The summed E-state index contributed by atoms with van der Waals surface area (Å²) in [4.78, 5) is 11.9. The van der Waals surface area contributed by atoms with Crippen molar-refractivity contribution in [3.05, 3.63) is 18.2 Å². The van der Waals surface area contributed by atoms with E-state index in [0.29, 0.717) is 12.1 Å². The number of nitrogens with one attached hydrogen (secondary N) is 1. The van der Waals surface area contributed by atoms with Gasteiger partial charge in [0, 0.05) is 18.3 Å². The third-order valence-corrected chi connectivity index (χ3v) is 2.96. The van der Waals surface area contributed by atoms with E-state index in [1.165, 1.54) is 18.2 Å².